The van der Waals surface area contributed by atoms with Crippen LogP contribution in [0, 0.1) is 23.7 Å². The number of carbonyl (C=O) groups is 1. The van der Waals surface area contributed by atoms with Gasteiger partial charge in [0, 0.05) is 30.8 Å². The minimum absolute atomic E-state index is 0.0313. The fourth-order valence-electron chi connectivity index (χ4n) is 6.28. The van der Waals surface area contributed by atoms with E-state index in [0.29, 0.717) is 19.1 Å². The predicted octanol–water partition coefficient (Wildman–Crippen LogP) is 4.55. The highest BCUT2D eigenvalue weighted by Crippen LogP contribution is 2.62. The number of nitrogens with one attached hydrogen (secondary N) is 1. The number of hydrogen-bond donors (Lipinski definition) is 1. The predicted molar refractivity (Wildman–Crippen MR) is 116 cm³/mol. The minimum atomic E-state index is 0.0313. The molecule has 1 heterocycles. The normalized spacial score (nSPS) is 27.5. The van der Waals surface area contributed by atoms with Crippen molar-refractivity contribution in [3.8, 4) is 5.75 Å². The van der Waals surface area contributed by atoms with E-state index in [1.807, 2.05) is 25.1 Å². The van der Waals surface area contributed by atoms with Crippen molar-refractivity contribution < 1.29 is 14.3 Å². The number of fused-ring (bicyclic) bond motifs is 3. The van der Waals surface area contributed by atoms with Crippen molar-refractivity contribution in [2.24, 2.45) is 16.7 Å². The molecular weight excluding hydrogens is 364 g/mol. The van der Waals surface area contributed by atoms with Gasteiger partial charge in [0.25, 0.3) is 5.91 Å². The number of methoxy groups -OCH3 is 2. The lowest BCUT2D eigenvalue weighted by Crippen LogP contribution is -2.52. The Kier molecular flexibility index (Phi) is 4.93. The van der Waals surface area contributed by atoms with Gasteiger partial charge in [-0.25, -0.2) is 0 Å². The number of ether oxygens (including phenoxy) is 2. The number of carbonyl (C=O) groups excluding carboxylic acids is 1. The molecule has 2 aliphatic carbocycles. The standard InChI is InChI=1S/C24H34N2O3/c1-15-19(17-8-7-9-18(29-6)20(17)26(15)12-13-28-5)21(27)25-22-23(2,3)16-10-11-24(22,4)14-16/h7-9,16,22H,10-14H2,1-6H3,(H,25,27)/t16-,22?,24?/m0/s1. The molecule has 158 valence electrons. The van der Waals surface area contributed by atoms with Crippen LogP contribution in [-0.4, -0.2) is 37.3 Å². The average Bonchev–Trinajstić information content (AvgIpc) is 3.27. The summed E-state index contributed by atoms with van der Waals surface area (Å²) in [6, 6.07) is 6.13. The number of aromatic nitrogens is 1. The molecule has 2 bridgehead atoms. The largest absolute Gasteiger partial charge is 0.495 e. The second-order valence-corrected chi connectivity index (χ2v) is 9.78. The zero-order valence-electron chi connectivity index (χ0n) is 18.6. The molecule has 1 N–H and O–H groups in total. The van der Waals surface area contributed by atoms with Crippen molar-refractivity contribution in [3.05, 3.63) is 29.5 Å². The zero-order chi connectivity index (χ0) is 21.0. The number of para-hydroxylation sites is 1. The summed E-state index contributed by atoms with van der Waals surface area (Å²) in [5.41, 5.74) is 3.02. The molecule has 0 saturated heterocycles. The third-order valence-corrected chi connectivity index (χ3v) is 7.82. The summed E-state index contributed by atoms with van der Waals surface area (Å²) in [5.74, 6) is 1.51. The van der Waals surface area contributed by atoms with Gasteiger partial charge in [-0.15, -0.1) is 0 Å². The Labute approximate surface area is 173 Å². The second-order valence-electron chi connectivity index (χ2n) is 9.78. The maximum absolute atomic E-state index is 13.6. The Morgan fingerprint density at radius 3 is 2.66 bits per heavy atom. The Morgan fingerprint density at radius 2 is 2.03 bits per heavy atom. The quantitative estimate of drug-likeness (QED) is 0.777. The highest BCUT2D eigenvalue weighted by atomic mass is 16.5. The molecule has 2 aromatic rings. The molecule has 5 nitrogen and oxygen atoms in total. The van der Waals surface area contributed by atoms with E-state index < -0.39 is 0 Å². The molecular formula is C24H34N2O3. The van der Waals surface area contributed by atoms with Gasteiger partial charge in [0.05, 0.1) is 24.8 Å². The van der Waals surface area contributed by atoms with E-state index in [1.54, 1.807) is 14.2 Å². The molecule has 0 spiro atoms. The second kappa shape index (κ2) is 7.05. The van der Waals surface area contributed by atoms with E-state index in [-0.39, 0.29) is 22.8 Å². The molecule has 0 aliphatic heterocycles. The highest BCUT2D eigenvalue weighted by molar-refractivity contribution is 6.09. The van der Waals surface area contributed by atoms with Gasteiger partial charge in [-0.05, 0) is 49.0 Å². The summed E-state index contributed by atoms with van der Waals surface area (Å²) in [6.45, 7) is 10.3. The lowest BCUT2D eigenvalue weighted by molar-refractivity contribution is 0.0738. The first-order valence-corrected chi connectivity index (χ1v) is 10.7. The van der Waals surface area contributed by atoms with Gasteiger partial charge >= 0.3 is 0 Å². The van der Waals surface area contributed by atoms with Crippen LogP contribution in [0.3, 0.4) is 0 Å². The maximum Gasteiger partial charge on any atom is 0.253 e. The topological polar surface area (TPSA) is 52.5 Å². The van der Waals surface area contributed by atoms with Gasteiger partial charge in [0.1, 0.15) is 5.75 Å². The number of benzene rings is 1. The van der Waals surface area contributed by atoms with Crippen molar-refractivity contribution in [1.82, 2.24) is 9.88 Å². The first-order chi connectivity index (χ1) is 13.7. The van der Waals surface area contributed by atoms with E-state index in [0.717, 1.165) is 27.9 Å². The van der Waals surface area contributed by atoms with E-state index >= 15 is 0 Å². The third-order valence-electron chi connectivity index (χ3n) is 7.82. The smallest absolute Gasteiger partial charge is 0.253 e. The molecule has 2 aliphatic rings. The first kappa shape index (κ1) is 20.3. The molecule has 0 radical (unpaired) electrons. The number of amides is 1. The summed E-state index contributed by atoms with van der Waals surface area (Å²) in [7, 11) is 3.37. The molecule has 4 rings (SSSR count). The van der Waals surface area contributed by atoms with Crippen LogP contribution < -0.4 is 10.1 Å². The molecule has 1 aromatic carbocycles. The Balaban J connectivity index is 1.76. The Morgan fingerprint density at radius 1 is 1.28 bits per heavy atom. The molecule has 5 heteroatoms. The number of rotatable bonds is 6. The van der Waals surface area contributed by atoms with E-state index in [9.17, 15) is 4.79 Å². The Hall–Kier alpha value is -2.01. The summed E-state index contributed by atoms with van der Waals surface area (Å²) in [5, 5.41) is 4.42. The van der Waals surface area contributed by atoms with Crippen molar-refractivity contribution in [2.45, 2.75) is 59.5 Å². The third kappa shape index (κ3) is 2.97. The first-order valence-electron chi connectivity index (χ1n) is 10.7. The highest BCUT2D eigenvalue weighted by Gasteiger charge is 2.59. The molecule has 29 heavy (non-hydrogen) atoms. The zero-order valence-corrected chi connectivity index (χ0v) is 18.6. The van der Waals surface area contributed by atoms with Crippen LogP contribution in [0.25, 0.3) is 10.9 Å². The van der Waals surface area contributed by atoms with E-state index in [2.05, 4.69) is 30.7 Å². The van der Waals surface area contributed by atoms with Gasteiger partial charge in [-0.3, -0.25) is 4.79 Å². The van der Waals surface area contributed by atoms with Crippen LogP contribution in [0.2, 0.25) is 0 Å². The fourth-order valence-corrected chi connectivity index (χ4v) is 6.28. The minimum Gasteiger partial charge on any atom is -0.495 e. The van der Waals surface area contributed by atoms with Gasteiger partial charge in [0.15, 0.2) is 0 Å². The van der Waals surface area contributed by atoms with Gasteiger partial charge in [0.2, 0.25) is 0 Å². The van der Waals surface area contributed by atoms with Crippen molar-refractivity contribution in [2.75, 3.05) is 20.8 Å². The molecule has 2 fully saturated rings. The van der Waals surface area contributed by atoms with Gasteiger partial charge < -0.3 is 19.4 Å². The van der Waals surface area contributed by atoms with Gasteiger partial charge in [-0.2, -0.15) is 0 Å². The Bertz CT molecular complexity index is 940. The van der Waals surface area contributed by atoms with Gasteiger partial charge in [-0.1, -0.05) is 32.9 Å². The molecule has 2 saturated carbocycles. The maximum atomic E-state index is 13.6. The average molecular weight is 399 g/mol. The number of nitrogens with zero attached hydrogens (tertiary/aromatic N) is 1. The van der Waals surface area contributed by atoms with Crippen molar-refractivity contribution in [3.63, 3.8) is 0 Å². The molecule has 3 atom stereocenters. The lowest BCUT2D eigenvalue weighted by Gasteiger charge is -2.43. The summed E-state index contributed by atoms with van der Waals surface area (Å²) >= 11 is 0. The van der Waals surface area contributed by atoms with Crippen LogP contribution >= 0.6 is 0 Å². The molecule has 2 unspecified atom stereocenters. The van der Waals surface area contributed by atoms with Crippen LogP contribution in [0.4, 0.5) is 0 Å². The summed E-state index contributed by atoms with van der Waals surface area (Å²) in [6.07, 6.45) is 3.70. The lowest BCUT2D eigenvalue weighted by atomic mass is 9.68. The molecule has 1 aromatic heterocycles. The molecule has 1 amide bonds. The van der Waals surface area contributed by atoms with Crippen molar-refractivity contribution >= 4 is 16.8 Å². The monoisotopic (exact) mass is 398 g/mol. The fraction of sp³-hybridized carbons (Fsp3) is 0.625. The van der Waals surface area contributed by atoms with Crippen LogP contribution in [-0.2, 0) is 11.3 Å². The van der Waals surface area contributed by atoms with Crippen molar-refractivity contribution in [1.29, 1.82) is 0 Å². The SMILES string of the molecule is COCCn1c(C)c(C(=O)NC2C3(C)CC[C@@H](C3)C2(C)C)c2cccc(OC)c21. The number of hydrogen-bond acceptors (Lipinski definition) is 3. The summed E-state index contributed by atoms with van der Waals surface area (Å²) < 4.78 is 13.1. The van der Waals surface area contributed by atoms with E-state index in [4.69, 9.17) is 9.47 Å². The van der Waals surface area contributed by atoms with E-state index in [1.165, 1.54) is 19.3 Å². The van der Waals surface area contributed by atoms with Crippen LogP contribution in [0.1, 0.15) is 56.1 Å². The van der Waals surface area contributed by atoms with Crippen LogP contribution in [0.15, 0.2) is 18.2 Å². The van der Waals surface area contributed by atoms with Crippen LogP contribution in [0.5, 0.6) is 5.75 Å². The summed E-state index contributed by atoms with van der Waals surface area (Å²) in [4.78, 5) is 13.6.